The molecule has 0 bridgehead atoms. The van der Waals surface area contributed by atoms with Gasteiger partial charge >= 0.3 is 7.27 Å². The number of unbranched alkanes of at least 4 members (excludes halogenated alkanes) is 4. The maximum atomic E-state index is 11.9. The Bertz CT molecular complexity index is 434. The van der Waals surface area contributed by atoms with E-state index in [4.69, 9.17) is 5.11 Å². The summed E-state index contributed by atoms with van der Waals surface area (Å²) in [4.78, 5) is 0. The van der Waals surface area contributed by atoms with Crippen LogP contribution in [0.1, 0.15) is 84.6 Å². The van der Waals surface area contributed by atoms with E-state index in [1.807, 2.05) is 0 Å². The van der Waals surface area contributed by atoms with Gasteiger partial charge in [0.1, 0.15) is 0 Å². The van der Waals surface area contributed by atoms with Crippen LogP contribution in [0, 0.1) is 0 Å². The zero-order valence-corrected chi connectivity index (χ0v) is 19.1. The van der Waals surface area contributed by atoms with E-state index in [-0.39, 0.29) is 16.8 Å². The first kappa shape index (κ1) is 30.2. The fourth-order valence-corrected chi connectivity index (χ4v) is 3.41. The second kappa shape index (κ2) is 19.0. The highest BCUT2D eigenvalue weighted by atomic mass is 19.2. The largest absolute Gasteiger partial charge is 1.00 e. The minimum atomic E-state index is -2.43. The number of aliphatic hydroxyl groups is 1. The van der Waals surface area contributed by atoms with Gasteiger partial charge in [-0.2, -0.15) is 0 Å². The highest BCUT2D eigenvalue weighted by molar-refractivity contribution is 6.59. The van der Waals surface area contributed by atoms with Crippen LogP contribution in [0.5, 0.6) is 0 Å². The zero-order chi connectivity index (χ0) is 21.3. The molecule has 0 aliphatic rings. The van der Waals surface area contributed by atoms with E-state index in [1.54, 1.807) is 0 Å². The van der Waals surface area contributed by atoms with Crippen molar-refractivity contribution in [2.45, 2.75) is 85.7 Å². The minimum absolute atomic E-state index is 0. The Labute approximate surface area is 177 Å². The molecule has 0 saturated carbocycles. The SMILES string of the molecule is CCCC[N+](CCCC)(CCCC)CCCC.OCc1ccc(B(F)F)cc1.[F-]. The van der Waals surface area contributed by atoms with Crippen molar-refractivity contribution in [2.75, 3.05) is 26.2 Å². The van der Waals surface area contributed by atoms with Crippen LogP contribution in [-0.2, 0) is 6.61 Å². The predicted molar refractivity (Wildman–Crippen MR) is 119 cm³/mol. The topological polar surface area (TPSA) is 20.2 Å². The highest BCUT2D eigenvalue weighted by Crippen LogP contribution is 2.16. The van der Waals surface area contributed by atoms with Crippen LogP contribution >= 0.6 is 0 Å². The molecule has 0 spiro atoms. The van der Waals surface area contributed by atoms with Gasteiger partial charge in [0.2, 0.25) is 0 Å². The van der Waals surface area contributed by atoms with Crippen LogP contribution in [0.15, 0.2) is 24.3 Å². The molecule has 0 fully saturated rings. The van der Waals surface area contributed by atoms with Crippen molar-refractivity contribution in [1.29, 1.82) is 0 Å². The lowest BCUT2D eigenvalue weighted by molar-refractivity contribution is -0.929. The molecule has 1 aromatic rings. The van der Waals surface area contributed by atoms with Crippen LogP contribution in [-0.4, -0.2) is 43.0 Å². The maximum Gasteiger partial charge on any atom is 0.571 e. The molecule has 1 rings (SSSR count). The molecule has 1 N–H and O–H groups in total. The second-order valence-electron chi connectivity index (χ2n) is 7.85. The molecule has 6 heteroatoms. The molecular weight excluding hydrogens is 374 g/mol. The number of quaternary nitrogens is 1. The number of rotatable bonds is 14. The quantitative estimate of drug-likeness (QED) is 0.365. The van der Waals surface area contributed by atoms with Crippen LogP contribution in [0.4, 0.5) is 8.63 Å². The molecule has 0 saturated heterocycles. The van der Waals surface area contributed by atoms with Gasteiger partial charge < -0.3 is 14.3 Å². The average Bonchev–Trinajstić information content (AvgIpc) is 2.73. The number of hydrogen-bond donors (Lipinski definition) is 1. The van der Waals surface area contributed by atoms with Crippen molar-refractivity contribution in [1.82, 2.24) is 0 Å². The maximum absolute atomic E-state index is 11.9. The summed E-state index contributed by atoms with van der Waals surface area (Å²) in [7, 11) is -2.43. The minimum Gasteiger partial charge on any atom is -1.00 e. The molecule has 29 heavy (non-hydrogen) atoms. The summed E-state index contributed by atoms with van der Waals surface area (Å²) >= 11 is 0. The van der Waals surface area contributed by atoms with Crippen molar-refractivity contribution >= 4 is 12.7 Å². The third-order valence-corrected chi connectivity index (χ3v) is 5.36. The van der Waals surface area contributed by atoms with Crippen molar-refractivity contribution < 1.29 is 22.9 Å². The normalized spacial score (nSPS) is 10.7. The molecule has 1 aromatic carbocycles. The predicted octanol–water partition coefficient (Wildman–Crippen LogP) is 2.82. The van der Waals surface area contributed by atoms with Crippen LogP contribution in [0.2, 0.25) is 0 Å². The number of nitrogens with zero attached hydrogens (tertiary/aromatic N) is 1. The molecule has 0 heterocycles. The molecule has 0 radical (unpaired) electrons. The molecule has 0 aliphatic heterocycles. The molecule has 0 aromatic heterocycles. The third-order valence-electron chi connectivity index (χ3n) is 5.36. The van der Waals surface area contributed by atoms with E-state index < -0.39 is 7.27 Å². The van der Waals surface area contributed by atoms with Gasteiger partial charge in [0.05, 0.1) is 32.8 Å². The molecule has 170 valence electrons. The van der Waals surface area contributed by atoms with E-state index in [0.29, 0.717) is 5.56 Å². The highest BCUT2D eigenvalue weighted by Gasteiger charge is 2.24. The number of halogens is 3. The van der Waals surface area contributed by atoms with Crippen LogP contribution in [0.3, 0.4) is 0 Å². The molecule has 0 aliphatic carbocycles. The number of aliphatic hydroxyl groups excluding tert-OH is 1. The number of benzene rings is 1. The first-order chi connectivity index (χ1) is 13.5. The molecule has 0 atom stereocenters. The fourth-order valence-electron chi connectivity index (χ4n) is 3.41. The Balaban J connectivity index is 0. The van der Waals surface area contributed by atoms with Crippen molar-refractivity contribution in [3.8, 4) is 0 Å². The smallest absolute Gasteiger partial charge is 0.571 e. The van der Waals surface area contributed by atoms with Crippen LogP contribution < -0.4 is 10.2 Å². The Morgan fingerprint density at radius 1 is 0.724 bits per heavy atom. The lowest BCUT2D eigenvalue weighted by Gasteiger charge is -2.39. The Morgan fingerprint density at radius 2 is 1.07 bits per heavy atom. The Kier molecular flexibility index (Phi) is 19.8. The lowest BCUT2D eigenvalue weighted by atomic mass is 9.86. The first-order valence-electron chi connectivity index (χ1n) is 11.3. The summed E-state index contributed by atoms with van der Waals surface area (Å²) in [5, 5.41) is 8.58. The third kappa shape index (κ3) is 13.8. The fraction of sp³-hybridized carbons (Fsp3) is 0.739. The summed E-state index contributed by atoms with van der Waals surface area (Å²) in [5.41, 5.74) is 0.636. The Morgan fingerprint density at radius 3 is 1.31 bits per heavy atom. The molecule has 0 unspecified atom stereocenters. The van der Waals surface area contributed by atoms with Gasteiger partial charge in [-0.05, 0) is 36.7 Å². The summed E-state index contributed by atoms with van der Waals surface area (Å²) < 4.78 is 25.3. The van der Waals surface area contributed by atoms with Crippen molar-refractivity contribution in [2.24, 2.45) is 0 Å². The van der Waals surface area contributed by atoms with Gasteiger partial charge in [-0.15, -0.1) is 0 Å². The van der Waals surface area contributed by atoms with Crippen LogP contribution in [0.25, 0.3) is 0 Å². The summed E-state index contributed by atoms with van der Waals surface area (Å²) in [5.74, 6) is 0. The van der Waals surface area contributed by atoms with Gasteiger partial charge in [-0.3, -0.25) is 8.63 Å². The van der Waals surface area contributed by atoms with Crippen molar-refractivity contribution in [3.63, 3.8) is 0 Å². The standard InChI is InChI=1S/C16H36N.C7H7BF2O.FH/c1-5-9-13-17(14-10-6-2,15-11-7-3)16-12-8-4;9-8(10)7-3-1-6(5-11)2-4-7;/h5-16H2,1-4H3;1-4,11H,5H2;1H/q+1;;/p-1. The number of hydrogen-bond acceptors (Lipinski definition) is 1. The second-order valence-corrected chi connectivity index (χ2v) is 7.85. The van der Waals surface area contributed by atoms with E-state index in [2.05, 4.69) is 27.7 Å². The Hall–Kier alpha value is -1.01. The van der Waals surface area contributed by atoms with Gasteiger partial charge in [-0.1, -0.05) is 77.6 Å². The first-order valence-corrected chi connectivity index (χ1v) is 11.3. The average molecular weight is 417 g/mol. The van der Waals surface area contributed by atoms with E-state index in [1.165, 1.54) is 106 Å². The summed E-state index contributed by atoms with van der Waals surface area (Å²) in [6.45, 7) is 14.9. The van der Waals surface area contributed by atoms with E-state index in [0.717, 1.165) is 0 Å². The monoisotopic (exact) mass is 417 g/mol. The lowest BCUT2D eigenvalue weighted by Crippen LogP contribution is -3.00. The molecule has 2 nitrogen and oxygen atoms in total. The molecular formula is C23H43BF3NO. The summed E-state index contributed by atoms with van der Waals surface area (Å²) in [6.07, 6.45) is 11.1. The summed E-state index contributed by atoms with van der Waals surface area (Å²) in [6, 6.07) is 5.61. The van der Waals surface area contributed by atoms with E-state index in [9.17, 15) is 8.63 Å². The van der Waals surface area contributed by atoms with Gasteiger partial charge in [0, 0.05) is 0 Å². The van der Waals surface area contributed by atoms with E-state index >= 15 is 0 Å². The van der Waals surface area contributed by atoms with Gasteiger partial charge in [-0.25, -0.2) is 0 Å². The van der Waals surface area contributed by atoms with Crippen molar-refractivity contribution in [3.05, 3.63) is 29.8 Å². The molecule has 0 amide bonds. The van der Waals surface area contributed by atoms with Gasteiger partial charge in [0.25, 0.3) is 0 Å². The zero-order valence-electron chi connectivity index (χ0n) is 19.1. The van der Waals surface area contributed by atoms with Gasteiger partial charge in [0.15, 0.2) is 0 Å².